The van der Waals surface area contributed by atoms with Crippen LogP contribution in [-0.2, 0) is 35.2 Å². The molecule has 56 heavy (non-hydrogen) atoms. The zero-order valence-electron chi connectivity index (χ0n) is 34.0. The number of rotatable bonds is 13. The number of aliphatic hydroxyl groups is 5. The van der Waals surface area contributed by atoms with Gasteiger partial charge < -0.3 is 55.1 Å². The quantitative estimate of drug-likeness (QED) is 0.112. The topological polar surface area (TPSA) is 243 Å². The average molecular weight is 816 g/mol. The second kappa shape index (κ2) is 18.0. The van der Waals surface area contributed by atoms with E-state index in [9.17, 15) is 38.5 Å². The third kappa shape index (κ3) is 9.44. The van der Waals surface area contributed by atoms with Crippen LogP contribution in [0.1, 0.15) is 98.0 Å². The van der Waals surface area contributed by atoms with E-state index in [1.54, 1.807) is 12.1 Å². The third-order valence-corrected chi connectivity index (χ3v) is 15.1. The molecule has 1 aromatic carbocycles. The largest absolute Gasteiger partial charge is 0.726 e. The van der Waals surface area contributed by atoms with Gasteiger partial charge in [0.25, 0.3) is 0 Å². The van der Waals surface area contributed by atoms with Gasteiger partial charge in [-0.2, -0.15) is 0 Å². The highest BCUT2D eigenvalue weighted by atomic mass is 32.3. The molecule has 1 heterocycles. The van der Waals surface area contributed by atoms with E-state index in [0.717, 1.165) is 38.6 Å². The number of hydrogen-bond donors (Lipinski definition) is 7. The van der Waals surface area contributed by atoms with Gasteiger partial charge >= 0.3 is 0 Å². The maximum Gasteiger partial charge on any atom is 0.217 e. The number of aromatic hydroxyl groups is 1. The smallest absolute Gasteiger partial charge is 0.217 e. The molecule has 1 aromatic rings. The first-order valence-corrected chi connectivity index (χ1v) is 22.0. The van der Waals surface area contributed by atoms with E-state index in [1.165, 1.54) is 12.7 Å². The predicted octanol–water partition coefficient (Wildman–Crippen LogP) is 2.27. The van der Waals surface area contributed by atoms with Crippen LogP contribution in [0.2, 0.25) is 0 Å². The van der Waals surface area contributed by atoms with E-state index >= 15 is 0 Å². The fourth-order valence-electron chi connectivity index (χ4n) is 12.0. The van der Waals surface area contributed by atoms with Crippen molar-refractivity contribution in [1.29, 1.82) is 0 Å². The van der Waals surface area contributed by atoms with E-state index in [-0.39, 0.29) is 58.9 Å². The van der Waals surface area contributed by atoms with Gasteiger partial charge in [-0.1, -0.05) is 46.8 Å². The third-order valence-electron chi connectivity index (χ3n) is 14.7. The molecule has 5 aliphatic rings. The van der Waals surface area contributed by atoms with Gasteiger partial charge in [-0.05, 0) is 109 Å². The van der Waals surface area contributed by atoms with Gasteiger partial charge in [-0.15, -0.1) is 0 Å². The fourth-order valence-corrected chi connectivity index (χ4v) is 12.3. The highest BCUT2D eigenvalue weighted by molar-refractivity contribution is 7.80. The first kappa shape index (κ1) is 45.6. The Bertz CT molecular complexity index is 1530. The Kier molecular flexibility index (Phi) is 14.7. The molecule has 9 N–H and O–H groups in total. The molecule has 0 aromatic heterocycles. The van der Waals surface area contributed by atoms with Gasteiger partial charge in [-0.3, -0.25) is 4.18 Å². The van der Waals surface area contributed by atoms with E-state index in [4.69, 9.17) is 19.3 Å². The number of benzene rings is 1. The SMILES string of the molecule is CO[C@H]1[C@H](O)[C@@H](O[C@@H](CC[C@@H](C)[C@H]2C[C@H](O)C3[C@]4(O)C[C@H](O)C5C[C@@H](O)CC[C@]5(C)C4CC[C@@]32C)C(C)C)O[C@@H]1COS(=O)(=O)[O-].[NH3+]CCc1ccc(O)cc1. The van der Waals surface area contributed by atoms with E-state index < -0.39 is 65.5 Å². The maximum atomic E-state index is 12.5. The molecular formula is C41H69NO13S. The summed E-state index contributed by atoms with van der Waals surface area (Å²) in [6.07, 6.45) is 0.471. The second-order valence-electron chi connectivity index (χ2n) is 18.5. The lowest BCUT2D eigenvalue weighted by molar-refractivity contribution is -0.366. The molecule has 3 unspecified atom stereocenters. The number of phenolic OH excluding ortho intramolecular Hbond substituents is 1. The number of hydrogen-bond acceptors (Lipinski definition) is 13. The monoisotopic (exact) mass is 815 g/mol. The predicted molar refractivity (Wildman–Crippen MR) is 204 cm³/mol. The molecule has 16 atom stereocenters. The summed E-state index contributed by atoms with van der Waals surface area (Å²) in [5.74, 6) is 0.250. The van der Waals surface area contributed by atoms with E-state index in [1.807, 2.05) is 26.0 Å². The molecule has 1 saturated heterocycles. The van der Waals surface area contributed by atoms with E-state index in [2.05, 4.69) is 30.7 Å². The van der Waals surface area contributed by atoms with E-state index in [0.29, 0.717) is 31.4 Å². The Hall–Kier alpha value is -1.47. The van der Waals surface area contributed by atoms with Gasteiger partial charge in [0.15, 0.2) is 6.29 Å². The molecule has 0 radical (unpaired) electrons. The van der Waals surface area contributed by atoms with Crippen molar-refractivity contribution in [2.24, 2.45) is 46.3 Å². The summed E-state index contributed by atoms with van der Waals surface area (Å²) in [6, 6.07) is 7.23. The number of ether oxygens (including phenoxy) is 3. The number of methoxy groups -OCH3 is 1. The zero-order chi connectivity index (χ0) is 41.4. The summed E-state index contributed by atoms with van der Waals surface area (Å²) < 4.78 is 54.6. The number of fused-ring (bicyclic) bond motifs is 5. The van der Waals surface area contributed by atoms with Crippen LogP contribution in [-0.4, -0.2) is 118 Å². The fraction of sp³-hybridized carbons (Fsp3) is 0.854. The Morgan fingerprint density at radius 1 is 0.982 bits per heavy atom. The number of quaternary nitrogens is 1. The zero-order valence-corrected chi connectivity index (χ0v) is 34.9. The minimum atomic E-state index is -4.95. The summed E-state index contributed by atoms with van der Waals surface area (Å²) in [6.45, 7) is 10.9. The summed E-state index contributed by atoms with van der Waals surface area (Å²) in [4.78, 5) is 0. The van der Waals surface area contributed by atoms with Crippen molar-refractivity contribution in [3.63, 3.8) is 0 Å². The van der Waals surface area contributed by atoms with Crippen molar-refractivity contribution < 1.29 is 67.7 Å². The van der Waals surface area contributed by atoms with Crippen LogP contribution in [0.4, 0.5) is 0 Å². The number of phenols is 1. The van der Waals surface area contributed by atoms with Crippen molar-refractivity contribution >= 4 is 10.4 Å². The molecular weight excluding hydrogens is 747 g/mol. The molecule has 4 aliphatic carbocycles. The molecule has 15 heteroatoms. The summed E-state index contributed by atoms with van der Waals surface area (Å²) in [5.41, 5.74) is 3.18. The average Bonchev–Trinajstić information content (AvgIpc) is 3.58. The number of aliphatic hydroxyl groups excluding tert-OH is 4. The van der Waals surface area contributed by atoms with Crippen LogP contribution >= 0.6 is 0 Å². The van der Waals surface area contributed by atoms with Gasteiger partial charge in [0.2, 0.25) is 10.4 Å². The second-order valence-corrected chi connectivity index (χ2v) is 19.5. The lowest BCUT2D eigenvalue weighted by atomic mass is 9.42. The lowest BCUT2D eigenvalue weighted by Crippen LogP contribution is -2.68. The van der Waals surface area contributed by atoms with Gasteiger partial charge in [0.1, 0.15) is 24.1 Å². The van der Waals surface area contributed by atoms with Crippen LogP contribution in [0.5, 0.6) is 5.75 Å². The van der Waals surface area contributed by atoms with Crippen molar-refractivity contribution in [1.82, 2.24) is 0 Å². The van der Waals surface area contributed by atoms with Gasteiger partial charge in [0, 0.05) is 25.9 Å². The molecule has 6 rings (SSSR count). The van der Waals surface area contributed by atoms with Crippen molar-refractivity contribution in [3.8, 4) is 5.75 Å². The maximum absolute atomic E-state index is 12.5. The molecule has 5 fully saturated rings. The minimum Gasteiger partial charge on any atom is -0.726 e. The molecule has 14 nitrogen and oxygen atoms in total. The minimum absolute atomic E-state index is 0.0434. The molecule has 1 aliphatic heterocycles. The van der Waals surface area contributed by atoms with Gasteiger partial charge in [0.05, 0.1) is 43.2 Å². The van der Waals surface area contributed by atoms with Crippen LogP contribution in [0.15, 0.2) is 24.3 Å². The van der Waals surface area contributed by atoms with Crippen molar-refractivity contribution in [3.05, 3.63) is 29.8 Å². The Morgan fingerprint density at radius 3 is 2.25 bits per heavy atom. The Balaban J connectivity index is 0.000000522. The van der Waals surface area contributed by atoms with Crippen LogP contribution in [0.25, 0.3) is 0 Å². The van der Waals surface area contributed by atoms with Crippen LogP contribution in [0.3, 0.4) is 0 Å². The Morgan fingerprint density at radius 2 is 1.64 bits per heavy atom. The molecule has 0 bridgehead atoms. The first-order chi connectivity index (χ1) is 26.2. The standard InChI is InChI=1S/C33H58O12S.C8H11NO/c1-17(2)24(44-30-27(37)28(42-6)25(45-30)16-43-46(39,40)41)8-7-18(3)20-14-22(35)29-32(20,5)12-10-26-31(4)11-9-19(34)13-21(31)23(36)15-33(26,29)38;9-6-5-7-1-3-8(10)4-2-7/h17-30,34-38H,7-16H2,1-6H3,(H,39,40,41);1-4,10H,5-6,9H2/t18-,19+,20-,21?,22+,23+,24+,25-,26?,27+,28-,29?,30+,31+,32-,33+;/m1./s1. The molecule has 0 amide bonds. The molecule has 0 spiro atoms. The lowest BCUT2D eigenvalue weighted by Gasteiger charge is -2.66. The summed E-state index contributed by atoms with van der Waals surface area (Å²) >= 11 is 0. The van der Waals surface area contributed by atoms with Crippen molar-refractivity contribution in [2.45, 2.75) is 153 Å². The summed E-state index contributed by atoms with van der Waals surface area (Å²) in [7, 11) is -3.60. The van der Waals surface area contributed by atoms with Gasteiger partial charge in [-0.25, -0.2) is 8.42 Å². The Labute approximate surface area is 333 Å². The molecule has 322 valence electrons. The highest BCUT2D eigenvalue weighted by Crippen LogP contribution is 2.69. The summed E-state index contributed by atoms with van der Waals surface area (Å²) in [5, 5.41) is 65.7. The molecule has 4 saturated carbocycles. The van der Waals surface area contributed by atoms with Crippen molar-refractivity contribution in [2.75, 3.05) is 20.3 Å². The first-order valence-electron chi connectivity index (χ1n) is 20.6. The van der Waals surface area contributed by atoms with Crippen LogP contribution in [0, 0.1) is 46.3 Å². The highest BCUT2D eigenvalue weighted by Gasteiger charge is 2.70. The normalized spacial score (nSPS) is 41.9. The van der Waals surface area contributed by atoms with Crippen LogP contribution < -0.4 is 5.73 Å².